The molecule has 27 heavy (non-hydrogen) atoms. The highest BCUT2D eigenvalue weighted by molar-refractivity contribution is 7.15. The summed E-state index contributed by atoms with van der Waals surface area (Å²) < 4.78 is 1.54. The molecule has 1 amide bonds. The van der Waals surface area contributed by atoms with Crippen LogP contribution in [0.3, 0.4) is 0 Å². The first-order valence-electron chi connectivity index (χ1n) is 8.61. The molecule has 0 unspecified atom stereocenters. The summed E-state index contributed by atoms with van der Waals surface area (Å²) in [5.74, 6) is -0.0180. The van der Waals surface area contributed by atoms with Crippen molar-refractivity contribution in [1.29, 1.82) is 5.26 Å². The highest BCUT2D eigenvalue weighted by atomic mass is 32.1. The third-order valence-electron chi connectivity index (χ3n) is 4.66. The average Bonchev–Trinajstić information content (AvgIpc) is 3.17. The van der Waals surface area contributed by atoms with E-state index in [1.807, 2.05) is 10.3 Å². The third-order valence-corrected chi connectivity index (χ3v) is 5.42. The monoisotopic (exact) mass is 379 g/mol. The summed E-state index contributed by atoms with van der Waals surface area (Å²) in [7, 11) is 0. The number of carbonyl (C=O) groups excluding carboxylic acids is 1. The molecule has 4 rings (SSSR count). The third kappa shape index (κ3) is 3.60. The molecule has 1 aromatic carbocycles. The van der Waals surface area contributed by atoms with Crippen LogP contribution in [-0.4, -0.2) is 51.3 Å². The van der Waals surface area contributed by atoms with Crippen LogP contribution in [0, 0.1) is 11.3 Å². The molecule has 2 aromatic heterocycles. The van der Waals surface area contributed by atoms with Crippen molar-refractivity contribution < 1.29 is 4.79 Å². The Labute approximate surface area is 159 Å². The van der Waals surface area contributed by atoms with Crippen molar-refractivity contribution in [2.45, 2.75) is 6.54 Å². The Morgan fingerprint density at radius 1 is 1.19 bits per heavy atom. The van der Waals surface area contributed by atoms with Crippen LogP contribution in [0.15, 0.2) is 46.7 Å². The summed E-state index contributed by atoms with van der Waals surface area (Å²) >= 11 is 1.44. The number of fused-ring (bicyclic) bond motifs is 1. The first-order chi connectivity index (χ1) is 13.1. The van der Waals surface area contributed by atoms with E-state index in [2.05, 4.69) is 16.0 Å². The SMILES string of the molecule is N#Cc1ccc(C(=O)N2CCN(Cc3cc(=O)n4ccsc4n3)CC2)cc1. The molecule has 1 saturated heterocycles. The normalized spacial score (nSPS) is 15.0. The molecule has 3 heterocycles. The summed E-state index contributed by atoms with van der Waals surface area (Å²) in [5.41, 5.74) is 1.84. The van der Waals surface area contributed by atoms with Gasteiger partial charge >= 0.3 is 0 Å². The highest BCUT2D eigenvalue weighted by Gasteiger charge is 2.22. The molecule has 0 radical (unpaired) electrons. The fourth-order valence-electron chi connectivity index (χ4n) is 3.18. The summed E-state index contributed by atoms with van der Waals surface area (Å²) in [4.78, 5) is 33.9. The van der Waals surface area contributed by atoms with Gasteiger partial charge in [-0.1, -0.05) is 0 Å². The minimum Gasteiger partial charge on any atom is -0.336 e. The summed E-state index contributed by atoms with van der Waals surface area (Å²) in [6, 6.07) is 10.3. The number of hydrogen-bond acceptors (Lipinski definition) is 6. The van der Waals surface area contributed by atoms with Crippen molar-refractivity contribution >= 4 is 22.2 Å². The second kappa shape index (κ2) is 7.31. The van der Waals surface area contributed by atoms with E-state index < -0.39 is 0 Å². The van der Waals surface area contributed by atoms with Gasteiger partial charge in [0.25, 0.3) is 11.5 Å². The fourth-order valence-corrected chi connectivity index (χ4v) is 3.92. The summed E-state index contributed by atoms with van der Waals surface area (Å²) in [5, 5.41) is 10.7. The van der Waals surface area contributed by atoms with Crippen molar-refractivity contribution in [3.63, 3.8) is 0 Å². The van der Waals surface area contributed by atoms with Crippen LogP contribution in [-0.2, 0) is 6.54 Å². The number of hydrogen-bond donors (Lipinski definition) is 0. The molecule has 0 atom stereocenters. The molecular weight excluding hydrogens is 362 g/mol. The number of piperazine rings is 1. The second-order valence-electron chi connectivity index (χ2n) is 6.40. The topological polar surface area (TPSA) is 81.7 Å². The quantitative estimate of drug-likeness (QED) is 0.690. The van der Waals surface area contributed by atoms with Gasteiger partial charge in [0.15, 0.2) is 4.96 Å². The Kier molecular flexibility index (Phi) is 4.71. The molecule has 1 aliphatic heterocycles. The molecular formula is C19H17N5O2S. The highest BCUT2D eigenvalue weighted by Crippen LogP contribution is 2.13. The Hall–Kier alpha value is -3.02. The minimum atomic E-state index is -0.0640. The van der Waals surface area contributed by atoms with E-state index in [0.717, 1.165) is 18.8 Å². The lowest BCUT2D eigenvalue weighted by molar-refractivity contribution is 0.0627. The van der Waals surface area contributed by atoms with E-state index in [-0.39, 0.29) is 11.5 Å². The summed E-state index contributed by atoms with van der Waals surface area (Å²) in [6.07, 6.45) is 1.73. The molecule has 136 valence electrons. The number of nitriles is 1. The van der Waals surface area contributed by atoms with Gasteiger partial charge in [0.1, 0.15) is 0 Å². The first-order valence-corrected chi connectivity index (χ1v) is 9.49. The smallest absolute Gasteiger partial charge is 0.258 e. The standard InChI is InChI=1S/C19H17N5O2S/c20-12-14-1-3-15(4-2-14)18(26)23-7-5-22(6-8-23)13-16-11-17(25)24-9-10-27-19(24)21-16/h1-4,9-11H,5-8,13H2. The van der Waals surface area contributed by atoms with Gasteiger partial charge < -0.3 is 4.90 Å². The van der Waals surface area contributed by atoms with E-state index in [1.165, 1.54) is 11.3 Å². The van der Waals surface area contributed by atoms with Crippen LogP contribution in [0.4, 0.5) is 0 Å². The maximum absolute atomic E-state index is 12.6. The van der Waals surface area contributed by atoms with E-state index in [1.54, 1.807) is 40.9 Å². The zero-order valence-corrected chi connectivity index (χ0v) is 15.4. The van der Waals surface area contributed by atoms with Crippen LogP contribution in [0.25, 0.3) is 4.96 Å². The number of amides is 1. The Morgan fingerprint density at radius 3 is 2.63 bits per heavy atom. The lowest BCUT2D eigenvalue weighted by Crippen LogP contribution is -2.48. The molecule has 0 N–H and O–H groups in total. The number of carbonyl (C=O) groups is 1. The number of nitrogens with zero attached hydrogens (tertiary/aromatic N) is 5. The van der Waals surface area contributed by atoms with Crippen molar-refractivity contribution in [2.24, 2.45) is 0 Å². The molecule has 1 aliphatic rings. The summed E-state index contributed by atoms with van der Waals surface area (Å²) in [6.45, 7) is 3.31. The average molecular weight is 379 g/mol. The predicted molar refractivity (Wildman–Crippen MR) is 102 cm³/mol. The van der Waals surface area contributed by atoms with E-state index in [9.17, 15) is 9.59 Å². The Bertz CT molecular complexity index is 1070. The minimum absolute atomic E-state index is 0.0180. The van der Waals surface area contributed by atoms with Crippen molar-refractivity contribution in [3.05, 3.63) is 69.1 Å². The van der Waals surface area contributed by atoms with E-state index in [0.29, 0.717) is 35.7 Å². The van der Waals surface area contributed by atoms with Crippen molar-refractivity contribution in [2.75, 3.05) is 26.2 Å². The van der Waals surface area contributed by atoms with Crippen molar-refractivity contribution in [3.8, 4) is 6.07 Å². The van der Waals surface area contributed by atoms with Gasteiger partial charge in [0.2, 0.25) is 0 Å². The van der Waals surface area contributed by atoms with Gasteiger partial charge in [-0.05, 0) is 24.3 Å². The van der Waals surface area contributed by atoms with Gasteiger partial charge in [0.05, 0.1) is 17.3 Å². The van der Waals surface area contributed by atoms with Crippen LogP contribution >= 0.6 is 11.3 Å². The van der Waals surface area contributed by atoms with Gasteiger partial charge in [-0.15, -0.1) is 11.3 Å². The zero-order valence-electron chi connectivity index (χ0n) is 14.5. The van der Waals surface area contributed by atoms with Gasteiger partial charge in [-0.25, -0.2) is 4.98 Å². The van der Waals surface area contributed by atoms with Crippen LogP contribution in [0.2, 0.25) is 0 Å². The number of aromatic nitrogens is 2. The lowest BCUT2D eigenvalue weighted by Gasteiger charge is -2.34. The van der Waals surface area contributed by atoms with Crippen LogP contribution in [0.1, 0.15) is 21.6 Å². The Morgan fingerprint density at radius 2 is 1.93 bits per heavy atom. The molecule has 1 fully saturated rings. The van der Waals surface area contributed by atoms with E-state index in [4.69, 9.17) is 5.26 Å². The molecule has 0 bridgehead atoms. The molecule has 7 nitrogen and oxygen atoms in total. The van der Waals surface area contributed by atoms with Crippen LogP contribution in [0.5, 0.6) is 0 Å². The number of benzene rings is 1. The molecule has 0 spiro atoms. The fraction of sp³-hybridized carbons (Fsp3) is 0.263. The first kappa shape index (κ1) is 17.4. The van der Waals surface area contributed by atoms with Crippen LogP contribution < -0.4 is 5.56 Å². The molecule has 0 aliphatic carbocycles. The predicted octanol–water partition coefficient (Wildman–Crippen LogP) is 1.59. The molecule has 0 saturated carbocycles. The molecule has 8 heteroatoms. The van der Waals surface area contributed by atoms with Crippen molar-refractivity contribution in [1.82, 2.24) is 19.2 Å². The largest absolute Gasteiger partial charge is 0.336 e. The zero-order chi connectivity index (χ0) is 18.8. The number of rotatable bonds is 3. The maximum atomic E-state index is 12.6. The van der Waals surface area contributed by atoms with E-state index >= 15 is 0 Å². The van der Waals surface area contributed by atoms with Gasteiger partial charge in [0, 0.05) is 55.9 Å². The number of thiazole rings is 1. The lowest BCUT2D eigenvalue weighted by atomic mass is 10.1. The Balaban J connectivity index is 1.38. The molecule has 3 aromatic rings. The van der Waals surface area contributed by atoms with Gasteiger partial charge in [-0.3, -0.25) is 18.9 Å². The maximum Gasteiger partial charge on any atom is 0.258 e. The van der Waals surface area contributed by atoms with Gasteiger partial charge in [-0.2, -0.15) is 5.26 Å². The second-order valence-corrected chi connectivity index (χ2v) is 7.27.